The van der Waals surface area contributed by atoms with Crippen molar-refractivity contribution in [1.29, 1.82) is 0 Å². The van der Waals surface area contributed by atoms with Crippen LogP contribution in [0.5, 0.6) is 0 Å². The summed E-state index contributed by atoms with van der Waals surface area (Å²) in [6.07, 6.45) is 13.9. The Labute approximate surface area is 185 Å². The van der Waals surface area contributed by atoms with Gasteiger partial charge in [0.25, 0.3) is 0 Å². The lowest BCUT2D eigenvalue weighted by Gasteiger charge is -2.26. The van der Waals surface area contributed by atoms with Gasteiger partial charge in [-0.05, 0) is 64.5 Å². The van der Waals surface area contributed by atoms with E-state index >= 15 is 0 Å². The molecule has 1 amide bonds. The average Bonchev–Trinajstić information content (AvgIpc) is 3.19. The first-order valence-corrected chi connectivity index (χ1v) is 11.2. The molecule has 5 heteroatoms. The number of amides is 1. The van der Waals surface area contributed by atoms with Gasteiger partial charge in [0.05, 0.1) is 0 Å². The SMILES string of the molecule is C=C/C=C(\C=C)CCN(C)CC1CCCN1C=O.C=CC.CC(N)C1CCOCC1. The summed E-state index contributed by atoms with van der Waals surface area (Å²) < 4.78 is 5.19. The molecule has 172 valence electrons. The number of allylic oxidation sites excluding steroid dienone is 4. The minimum absolute atomic E-state index is 0.355. The van der Waals surface area contributed by atoms with Gasteiger partial charge in [-0.25, -0.2) is 0 Å². The van der Waals surface area contributed by atoms with Gasteiger partial charge in [-0.15, -0.1) is 6.58 Å². The Morgan fingerprint density at radius 2 is 1.90 bits per heavy atom. The summed E-state index contributed by atoms with van der Waals surface area (Å²) in [5.74, 6) is 0.707. The van der Waals surface area contributed by atoms with E-state index in [9.17, 15) is 4.79 Å². The molecule has 2 heterocycles. The second-order valence-corrected chi connectivity index (χ2v) is 8.05. The van der Waals surface area contributed by atoms with Gasteiger partial charge in [-0.1, -0.05) is 37.5 Å². The van der Waals surface area contributed by atoms with Crippen LogP contribution in [0.4, 0.5) is 0 Å². The molecular weight excluding hydrogens is 374 g/mol. The number of likely N-dealkylation sites (N-methyl/N-ethyl adjacent to an activating group) is 1. The third-order valence-electron chi connectivity index (χ3n) is 5.47. The Balaban J connectivity index is 0.000000581. The lowest BCUT2D eigenvalue weighted by Crippen LogP contribution is -2.38. The molecule has 2 aliphatic heterocycles. The molecule has 2 rings (SSSR count). The fourth-order valence-electron chi connectivity index (χ4n) is 3.61. The zero-order valence-corrected chi connectivity index (χ0v) is 19.6. The van der Waals surface area contributed by atoms with Crippen molar-refractivity contribution < 1.29 is 9.53 Å². The number of carbonyl (C=O) groups is 1. The molecule has 5 nitrogen and oxygen atoms in total. The minimum atomic E-state index is 0.355. The van der Waals surface area contributed by atoms with E-state index in [1.165, 1.54) is 5.57 Å². The molecule has 2 N–H and O–H groups in total. The van der Waals surface area contributed by atoms with Crippen LogP contribution in [0.1, 0.15) is 46.0 Å². The first kappa shape index (κ1) is 28.3. The van der Waals surface area contributed by atoms with Crippen molar-refractivity contribution in [3.05, 3.63) is 49.6 Å². The Morgan fingerprint density at radius 1 is 1.27 bits per heavy atom. The molecule has 0 bridgehead atoms. The monoisotopic (exact) mass is 419 g/mol. The molecule has 2 aliphatic rings. The van der Waals surface area contributed by atoms with Crippen LogP contribution in [-0.2, 0) is 9.53 Å². The zero-order valence-electron chi connectivity index (χ0n) is 19.6. The zero-order chi connectivity index (χ0) is 22.8. The summed E-state index contributed by atoms with van der Waals surface area (Å²) in [6.45, 7) is 19.5. The van der Waals surface area contributed by atoms with E-state index in [2.05, 4.69) is 38.6 Å². The third kappa shape index (κ3) is 12.8. The van der Waals surface area contributed by atoms with Crippen LogP contribution in [0.3, 0.4) is 0 Å². The number of nitrogens with two attached hydrogens (primary N) is 1. The Kier molecular flexibility index (Phi) is 17.1. The summed E-state index contributed by atoms with van der Waals surface area (Å²) in [4.78, 5) is 15.1. The fraction of sp³-hybridized carbons (Fsp3) is 0.640. The lowest BCUT2D eigenvalue weighted by molar-refractivity contribution is -0.119. The van der Waals surface area contributed by atoms with E-state index in [1.807, 2.05) is 24.0 Å². The van der Waals surface area contributed by atoms with Crippen LogP contribution in [-0.4, -0.2) is 68.2 Å². The van der Waals surface area contributed by atoms with Crippen molar-refractivity contribution in [2.45, 2.75) is 58.0 Å². The summed E-state index contributed by atoms with van der Waals surface area (Å²) in [7, 11) is 2.11. The quantitative estimate of drug-likeness (QED) is 0.346. The summed E-state index contributed by atoms with van der Waals surface area (Å²) in [5.41, 5.74) is 6.92. The van der Waals surface area contributed by atoms with Crippen LogP contribution < -0.4 is 5.73 Å². The van der Waals surface area contributed by atoms with Gasteiger partial charge in [0.1, 0.15) is 0 Å². The maximum absolute atomic E-state index is 10.9. The molecule has 0 aromatic heterocycles. The highest BCUT2D eigenvalue weighted by molar-refractivity contribution is 5.48. The smallest absolute Gasteiger partial charge is 0.209 e. The Bertz CT molecular complexity index is 511. The van der Waals surface area contributed by atoms with Crippen LogP contribution >= 0.6 is 0 Å². The Hall–Kier alpha value is -1.69. The van der Waals surface area contributed by atoms with Crippen molar-refractivity contribution in [2.24, 2.45) is 11.7 Å². The number of likely N-dealkylation sites (tertiary alicyclic amines) is 1. The first-order valence-electron chi connectivity index (χ1n) is 11.2. The number of hydrogen-bond donors (Lipinski definition) is 1. The van der Waals surface area contributed by atoms with Gasteiger partial charge in [-0.3, -0.25) is 4.79 Å². The summed E-state index contributed by atoms with van der Waals surface area (Å²) in [6, 6.07) is 0.747. The lowest BCUT2D eigenvalue weighted by atomic mass is 9.94. The van der Waals surface area contributed by atoms with Crippen molar-refractivity contribution in [3.8, 4) is 0 Å². The molecule has 2 fully saturated rings. The maximum Gasteiger partial charge on any atom is 0.209 e. The van der Waals surface area contributed by atoms with Gasteiger partial charge in [-0.2, -0.15) is 0 Å². The molecule has 0 radical (unpaired) electrons. The topological polar surface area (TPSA) is 58.8 Å². The number of hydrogen-bond acceptors (Lipinski definition) is 4. The van der Waals surface area contributed by atoms with E-state index in [0.29, 0.717) is 18.0 Å². The second-order valence-electron chi connectivity index (χ2n) is 8.05. The van der Waals surface area contributed by atoms with Gasteiger partial charge in [0.15, 0.2) is 0 Å². The van der Waals surface area contributed by atoms with E-state index < -0.39 is 0 Å². The second kappa shape index (κ2) is 18.1. The molecule has 30 heavy (non-hydrogen) atoms. The van der Waals surface area contributed by atoms with Crippen molar-refractivity contribution in [1.82, 2.24) is 9.80 Å². The molecule has 2 atom stereocenters. The molecule has 0 spiro atoms. The number of nitrogens with zero attached hydrogens (tertiary/aromatic N) is 2. The highest BCUT2D eigenvalue weighted by Crippen LogP contribution is 2.17. The number of ether oxygens (including phenoxy) is 1. The number of carbonyl (C=O) groups excluding carboxylic acids is 1. The Morgan fingerprint density at radius 3 is 2.37 bits per heavy atom. The molecule has 0 aliphatic carbocycles. The summed E-state index contributed by atoms with van der Waals surface area (Å²) >= 11 is 0. The van der Waals surface area contributed by atoms with Crippen molar-refractivity contribution in [3.63, 3.8) is 0 Å². The largest absolute Gasteiger partial charge is 0.381 e. The van der Waals surface area contributed by atoms with E-state index in [-0.39, 0.29) is 0 Å². The molecule has 0 aromatic rings. The predicted molar refractivity (Wildman–Crippen MR) is 129 cm³/mol. The van der Waals surface area contributed by atoms with Gasteiger partial charge in [0, 0.05) is 44.9 Å². The number of rotatable bonds is 9. The molecule has 2 unspecified atom stereocenters. The fourth-order valence-corrected chi connectivity index (χ4v) is 3.61. The van der Waals surface area contributed by atoms with Gasteiger partial charge in [0.2, 0.25) is 6.41 Å². The van der Waals surface area contributed by atoms with E-state index in [4.69, 9.17) is 10.5 Å². The van der Waals surface area contributed by atoms with Gasteiger partial charge >= 0.3 is 0 Å². The standard InChI is InChI=1S/C15H24N2O.C7H15NO.C3H6/c1-4-7-14(5-2)9-11-16(3)12-15-8-6-10-17(15)13-18;1-6(8)7-2-4-9-5-3-7;1-3-2/h4-5,7,13,15H,1-2,6,8-12H2,3H3;6-7H,2-5,8H2,1H3;3H,1H2,2H3/b14-7+;;. The van der Waals surface area contributed by atoms with E-state index in [1.54, 1.807) is 12.2 Å². The minimum Gasteiger partial charge on any atom is -0.381 e. The predicted octanol–water partition coefficient (Wildman–Crippen LogP) is 4.18. The summed E-state index contributed by atoms with van der Waals surface area (Å²) in [5, 5.41) is 0. The van der Waals surface area contributed by atoms with Gasteiger partial charge < -0.3 is 20.3 Å². The highest BCUT2D eigenvalue weighted by atomic mass is 16.5. The first-order chi connectivity index (χ1) is 14.4. The molecular formula is C25H45N3O2. The van der Waals surface area contributed by atoms with Crippen LogP contribution in [0.15, 0.2) is 49.6 Å². The van der Waals surface area contributed by atoms with Crippen LogP contribution in [0, 0.1) is 5.92 Å². The third-order valence-corrected chi connectivity index (χ3v) is 5.47. The van der Waals surface area contributed by atoms with E-state index in [0.717, 1.165) is 71.4 Å². The van der Waals surface area contributed by atoms with Crippen molar-refractivity contribution in [2.75, 3.05) is 39.9 Å². The molecule has 0 aromatic carbocycles. The average molecular weight is 420 g/mol. The maximum atomic E-state index is 10.9. The van der Waals surface area contributed by atoms with Crippen LogP contribution in [0.2, 0.25) is 0 Å². The van der Waals surface area contributed by atoms with Crippen molar-refractivity contribution >= 4 is 6.41 Å². The highest BCUT2D eigenvalue weighted by Gasteiger charge is 2.23. The van der Waals surface area contributed by atoms with Crippen LogP contribution in [0.25, 0.3) is 0 Å². The molecule has 2 saturated heterocycles. The molecule has 0 saturated carbocycles. The normalized spacial score (nSPS) is 20.4.